The van der Waals surface area contributed by atoms with Gasteiger partial charge in [0.25, 0.3) is 5.91 Å². The zero-order chi connectivity index (χ0) is 15.5. The molecule has 0 spiro atoms. The molecule has 0 bridgehead atoms. The molecule has 1 aromatic carbocycles. The van der Waals surface area contributed by atoms with E-state index in [9.17, 15) is 9.59 Å². The summed E-state index contributed by atoms with van der Waals surface area (Å²) in [5.41, 5.74) is 0.121. The Balaban J connectivity index is 2.13. The van der Waals surface area contributed by atoms with Crippen molar-refractivity contribution in [1.82, 2.24) is 10.3 Å². The molecule has 5 nitrogen and oxygen atoms in total. The molecule has 1 aliphatic heterocycles. The molecular weight excluding hydrogens is 334 g/mol. The smallest absolute Gasteiger partial charge is 0.322 e. The zero-order valence-electron chi connectivity index (χ0n) is 11.8. The Kier molecular flexibility index (Phi) is 4.57. The lowest BCUT2D eigenvalue weighted by atomic mass is 10.00. The van der Waals surface area contributed by atoms with Gasteiger partial charge in [-0.05, 0) is 40.9 Å². The summed E-state index contributed by atoms with van der Waals surface area (Å²) in [6.07, 6.45) is 3.80. The first-order valence-electron chi connectivity index (χ1n) is 6.59. The van der Waals surface area contributed by atoms with Gasteiger partial charge in [-0.2, -0.15) is 5.10 Å². The largest absolute Gasteiger partial charge is 0.346 e. The number of nitrogens with one attached hydrogen (secondary N) is 1. The summed E-state index contributed by atoms with van der Waals surface area (Å²) in [5.74, 6) is -0.341. The van der Waals surface area contributed by atoms with Crippen LogP contribution >= 0.6 is 15.9 Å². The Morgan fingerprint density at radius 2 is 2.05 bits per heavy atom. The Morgan fingerprint density at radius 1 is 1.38 bits per heavy atom. The van der Waals surface area contributed by atoms with Crippen molar-refractivity contribution in [2.45, 2.75) is 25.8 Å². The molecule has 110 valence electrons. The molecule has 1 heterocycles. The third kappa shape index (κ3) is 3.39. The summed E-state index contributed by atoms with van der Waals surface area (Å²) >= 11 is 3.35. The third-order valence-corrected chi connectivity index (χ3v) is 3.78. The normalized spacial score (nSPS) is 23.0. The van der Waals surface area contributed by atoms with E-state index in [0.717, 1.165) is 10.6 Å². The van der Waals surface area contributed by atoms with Crippen LogP contribution in [0.2, 0.25) is 0 Å². The number of benzene rings is 1. The minimum atomic E-state index is -0.871. The molecule has 0 saturated carbocycles. The van der Waals surface area contributed by atoms with Crippen LogP contribution in [0.1, 0.15) is 25.8 Å². The van der Waals surface area contributed by atoms with Crippen LogP contribution in [0.3, 0.4) is 0 Å². The maximum absolute atomic E-state index is 12.1. The number of carbonyl (C=O) groups excluding carboxylic acids is 2. The van der Waals surface area contributed by atoms with Crippen LogP contribution in [0.25, 0.3) is 6.08 Å². The predicted molar refractivity (Wildman–Crippen MR) is 85.9 cm³/mol. The number of carbonyl (C=O) groups is 2. The molecule has 1 aromatic rings. The summed E-state index contributed by atoms with van der Waals surface area (Å²) in [5, 5.41) is 7.46. The topological polar surface area (TPSA) is 61.8 Å². The highest BCUT2D eigenvalue weighted by Gasteiger charge is 2.46. The van der Waals surface area contributed by atoms with Crippen molar-refractivity contribution in [3.63, 3.8) is 0 Å². The molecule has 1 saturated heterocycles. The molecule has 1 atom stereocenters. The number of hydrazone groups is 1. The van der Waals surface area contributed by atoms with Crippen molar-refractivity contribution in [2.75, 3.05) is 0 Å². The van der Waals surface area contributed by atoms with E-state index < -0.39 is 11.6 Å². The summed E-state index contributed by atoms with van der Waals surface area (Å²) in [7, 11) is 0. The Hall–Kier alpha value is -1.95. The summed E-state index contributed by atoms with van der Waals surface area (Å²) in [6, 6.07) is 9.16. The summed E-state index contributed by atoms with van der Waals surface area (Å²) in [4.78, 5) is 23.9. The number of allylic oxidation sites excluding steroid dienone is 1. The molecule has 1 fully saturated rings. The number of urea groups is 1. The lowest BCUT2D eigenvalue weighted by molar-refractivity contribution is -0.130. The molecule has 1 N–H and O–H groups in total. The Morgan fingerprint density at radius 3 is 2.62 bits per heavy atom. The van der Waals surface area contributed by atoms with Crippen LogP contribution in [-0.2, 0) is 4.79 Å². The zero-order valence-corrected chi connectivity index (χ0v) is 13.4. The Bertz CT molecular complexity index is 613. The van der Waals surface area contributed by atoms with E-state index in [-0.39, 0.29) is 5.91 Å². The summed E-state index contributed by atoms with van der Waals surface area (Å²) < 4.78 is 0.666. The molecular formula is C15H16BrN3O2. The second-order valence-corrected chi connectivity index (χ2v) is 5.83. The average molecular weight is 350 g/mol. The van der Waals surface area contributed by atoms with E-state index in [0.29, 0.717) is 10.9 Å². The van der Waals surface area contributed by atoms with Crippen LogP contribution in [0.5, 0.6) is 0 Å². The number of imide groups is 1. The van der Waals surface area contributed by atoms with Gasteiger partial charge in [0.2, 0.25) is 0 Å². The maximum Gasteiger partial charge on any atom is 0.346 e. The minimum Gasteiger partial charge on any atom is -0.322 e. The van der Waals surface area contributed by atoms with Crippen molar-refractivity contribution in [2.24, 2.45) is 5.10 Å². The number of nitrogens with zero attached hydrogens (tertiary/aromatic N) is 2. The number of rotatable bonds is 4. The molecule has 0 unspecified atom stereocenters. The fraction of sp³-hybridized carbons (Fsp3) is 0.267. The quantitative estimate of drug-likeness (QED) is 0.670. The number of halogens is 1. The number of amides is 3. The molecule has 0 aliphatic carbocycles. The molecule has 1 aliphatic rings. The van der Waals surface area contributed by atoms with Crippen molar-refractivity contribution in [3.05, 3.63) is 40.4 Å². The van der Waals surface area contributed by atoms with Gasteiger partial charge in [-0.1, -0.05) is 37.3 Å². The Labute approximate surface area is 131 Å². The van der Waals surface area contributed by atoms with E-state index in [2.05, 4.69) is 26.3 Å². The van der Waals surface area contributed by atoms with Crippen LogP contribution in [0, 0.1) is 0 Å². The number of hydrogen-bond donors (Lipinski definition) is 1. The van der Waals surface area contributed by atoms with Crippen LogP contribution in [-0.4, -0.2) is 28.7 Å². The van der Waals surface area contributed by atoms with Gasteiger partial charge in [-0.25, -0.2) is 4.79 Å². The SMILES string of the molecule is CC[C@]1(C)NC(=O)N(N=C/C(Br)=C/c2ccccc2)C1=O. The van der Waals surface area contributed by atoms with E-state index in [1.165, 1.54) is 6.21 Å². The van der Waals surface area contributed by atoms with Gasteiger partial charge in [0.1, 0.15) is 5.54 Å². The van der Waals surface area contributed by atoms with Gasteiger partial charge in [-0.15, -0.1) is 5.01 Å². The van der Waals surface area contributed by atoms with Crippen molar-refractivity contribution < 1.29 is 9.59 Å². The first-order chi connectivity index (χ1) is 9.96. The third-order valence-electron chi connectivity index (χ3n) is 3.35. The molecule has 2 rings (SSSR count). The average Bonchev–Trinajstić information content (AvgIpc) is 2.69. The van der Waals surface area contributed by atoms with Crippen LogP contribution in [0.4, 0.5) is 4.79 Å². The first kappa shape index (κ1) is 15.4. The molecule has 0 radical (unpaired) electrons. The predicted octanol–water partition coefficient (Wildman–Crippen LogP) is 3.13. The number of hydrogen-bond acceptors (Lipinski definition) is 3. The van der Waals surface area contributed by atoms with E-state index in [4.69, 9.17) is 0 Å². The van der Waals surface area contributed by atoms with Gasteiger partial charge < -0.3 is 5.32 Å². The highest BCUT2D eigenvalue weighted by Crippen LogP contribution is 2.21. The van der Waals surface area contributed by atoms with E-state index >= 15 is 0 Å². The van der Waals surface area contributed by atoms with Crippen LogP contribution < -0.4 is 5.32 Å². The lowest BCUT2D eigenvalue weighted by Crippen LogP contribution is -2.42. The minimum absolute atomic E-state index is 0.341. The second-order valence-electron chi connectivity index (χ2n) is 4.92. The van der Waals surface area contributed by atoms with Gasteiger partial charge in [0, 0.05) is 4.48 Å². The lowest BCUT2D eigenvalue weighted by Gasteiger charge is -2.17. The van der Waals surface area contributed by atoms with Gasteiger partial charge in [-0.3, -0.25) is 4.79 Å². The first-order valence-corrected chi connectivity index (χ1v) is 7.38. The van der Waals surface area contributed by atoms with Gasteiger partial charge in [0.15, 0.2) is 0 Å². The highest BCUT2D eigenvalue weighted by atomic mass is 79.9. The van der Waals surface area contributed by atoms with E-state index in [1.54, 1.807) is 6.92 Å². The highest BCUT2D eigenvalue weighted by molar-refractivity contribution is 9.12. The van der Waals surface area contributed by atoms with Crippen molar-refractivity contribution in [1.29, 1.82) is 0 Å². The van der Waals surface area contributed by atoms with Crippen molar-refractivity contribution >= 4 is 40.2 Å². The van der Waals surface area contributed by atoms with E-state index in [1.807, 2.05) is 43.3 Å². The second kappa shape index (κ2) is 6.22. The van der Waals surface area contributed by atoms with Gasteiger partial charge in [0.05, 0.1) is 6.21 Å². The fourth-order valence-corrected chi connectivity index (χ4v) is 2.23. The summed E-state index contributed by atoms with van der Waals surface area (Å²) in [6.45, 7) is 3.54. The van der Waals surface area contributed by atoms with Crippen LogP contribution in [0.15, 0.2) is 39.9 Å². The molecule has 3 amide bonds. The monoisotopic (exact) mass is 349 g/mol. The molecule has 21 heavy (non-hydrogen) atoms. The standard InChI is InChI=1S/C15H16BrN3O2/c1-3-15(2)13(20)19(14(21)18-15)17-10-12(16)9-11-7-5-4-6-8-11/h4-10H,3H2,1-2H3,(H,18,21)/b12-9-,17-10?/t15-/m0/s1. The van der Waals surface area contributed by atoms with Gasteiger partial charge >= 0.3 is 6.03 Å². The maximum atomic E-state index is 12.1. The fourth-order valence-electron chi connectivity index (χ4n) is 1.87. The van der Waals surface area contributed by atoms with Crippen molar-refractivity contribution in [3.8, 4) is 0 Å². The molecule has 6 heteroatoms. The molecule has 0 aromatic heterocycles.